The average molecular weight is 238 g/mol. The van der Waals surface area contributed by atoms with Gasteiger partial charge in [0.05, 0.1) is 6.54 Å². The molecule has 0 aliphatic rings. The van der Waals surface area contributed by atoms with Gasteiger partial charge in [0.15, 0.2) is 0 Å². The van der Waals surface area contributed by atoms with Gasteiger partial charge in [0, 0.05) is 38.4 Å². The summed E-state index contributed by atoms with van der Waals surface area (Å²) in [5.41, 5.74) is 0. The van der Waals surface area contributed by atoms with Crippen LogP contribution >= 0.6 is 0 Å². The first kappa shape index (κ1) is 13.7. The maximum absolute atomic E-state index is 11.1. The van der Waals surface area contributed by atoms with Gasteiger partial charge in [-0.3, -0.25) is 4.79 Å². The van der Waals surface area contributed by atoms with Crippen LogP contribution in [0.25, 0.3) is 0 Å². The smallest absolute Gasteiger partial charge is 0.219 e. The van der Waals surface area contributed by atoms with Crippen molar-refractivity contribution in [1.29, 1.82) is 0 Å². The van der Waals surface area contributed by atoms with E-state index in [9.17, 15) is 4.79 Å². The minimum atomic E-state index is 0.0898. The third kappa shape index (κ3) is 4.99. The van der Waals surface area contributed by atoms with E-state index in [0.29, 0.717) is 12.5 Å². The first-order valence-corrected chi connectivity index (χ1v) is 6.07. The Hall–Kier alpha value is -1.36. The van der Waals surface area contributed by atoms with Crippen molar-refractivity contribution in [2.45, 2.75) is 45.8 Å². The molecule has 1 aromatic heterocycles. The maximum atomic E-state index is 11.1. The zero-order valence-corrected chi connectivity index (χ0v) is 10.9. The van der Waals surface area contributed by atoms with Crippen molar-refractivity contribution in [1.82, 2.24) is 20.2 Å². The average Bonchev–Trinajstić information content (AvgIpc) is 2.73. The van der Waals surface area contributed by atoms with Crippen molar-refractivity contribution < 1.29 is 4.79 Å². The van der Waals surface area contributed by atoms with Crippen molar-refractivity contribution in [3.8, 4) is 0 Å². The number of nitrogens with zero attached hydrogens (tertiary/aromatic N) is 2. The fourth-order valence-electron chi connectivity index (χ4n) is 1.54. The van der Waals surface area contributed by atoms with Gasteiger partial charge in [-0.1, -0.05) is 13.8 Å². The monoisotopic (exact) mass is 238 g/mol. The third-order valence-electron chi connectivity index (χ3n) is 2.55. The molecular weight excluding hydrogens is 216 g/mol. The van der Waals surface area contributed by atoms with Crippen molar-refractivity contribution >= 4 is 5.91 Å². The van der Waals surface area contributed by atoms with Crippen molar-refractivity contribution in [3.63, 3.8) is 0 Å². The zero-order chi connectivity index (χ0) is 12.7. The number of amides is 1. The Bertz CT molecular complexity index is 346. The van der Waals surface area contributed by atoms with Crippen molar-refractivity contribution in [2.24, 2.45) is 0 Å². The summed E-state index contributed by atoms with van der Waals surface area (Å²) in [4.78, 5) is 15.4. The Morgan fingerprint density at radius 3 is 2.94 bits per heavy atom. The molecule has 5 nitrogen and oxygen atoms in total. The number of nitrogens with one attached hydrogen (secondary N) is 2. The first-order valence-electron chi connectivity index (χ1n) is 6.07. The molecule has 0 aromatic carbocycles. The third-order valence-corrected chi connectivity index (χ3v) is 2.55. The number of hydrogen-bond donors (Lipinski definition) is 2. The molecule has 1 amide bonds. The predicted octanol–water partition coefficient (Wildman–Crippen LogP) is 0.907. The summed E-state index contributed by atoms with van der Waals surface area (Å²) in [5.74, 6) is 1.11. The van der Waals surface area contributed by atoms with Gasteiger partial charge in [0.25, 0.3) is 0 Å². The van der Waals surface area contributed by atoms with Crippen LogP contribution in [-0.2, 0) is 17.9 Å². The van der Waals surface area contributed by atoms with E-state index < -0.39 is 0 Å². The lowest BCUT2D eigenvalue weighted by molar-refractivity contribution is -0.120. The highest BCUT2D eigenvalue weighted by molar-refractivity contribution is 5.75. The topological polar surface area (TPSA) is 59.0 Å². The molecule has 2 N–H and O–H groups in total. The molecule has 0 spiro atoms. The van der Waals surface area contributed by atoms with Crippen LogP contribution in [0.4, 0.5) is 0 Å². The Balaban J connectivity index is 2.37. The molecule has 1 rings (SSSR count). The second-order valence-corrected chi connectivity index (χ2v) is 4.35. The summed E-state index contributed by atoms with van der Waals surface area (Å²) in [7, 11) is 1.66. The van der Waals surface area contributed by atoms with Gasteiger partial charge in [-0.25, -0.2) is 4.98 Å². The van der Waals surface area contributed by atoms with Gasteiger partial charge in [-0.2, -0.15) is 0 Å². The van der Waals surface area contributed by atoms with Crippen molar-refractivity contribution in [3.05, 3.63) is 18.2 Å². The number of aryl methyl sites for hydroxylation is 1. The fraction of sp³-hybridized carbons (Fsp3) is 0.667. The van der Waals surface area contributed by atoms with E-state index in [0.717, 1.165) is 25.3 Å². The lowest BCUT2D eigenvalue weighted by Gasteiger charge is -2.10. The Morgan fingerprint density at radius 2 is 2.29 bits per heavy atom. The lowest BCUT2D eigenvalue weighted by atomic mass is 10.3. The minimum absolute atomic E-state index is 0.0898. The van der Waals surface area contributed by atoms with E-state index in [2.05, 4.69) is 34.0 Å². The number of aromatic nitrogens is 2. The quantitative estimate of drug-likeness (QED) is 0.742. The number of carbonyl (C=O) groups is 1. The van der Waals surface area contributed by atoms with E-state index >= 15 is 0 Å². The van der Waals surface area contributed by atoms with Gasteiger partial charge < -0.3 is 15.2 Å². The number of rotatable bonds is 7. The molecule has 0 radical (unpaired) electrons. The second-order valence-electron chi connectivity index (χ2n) is 4.35. The SMILES string of the molecule is CNC(=O)CCCn1ccnc1CNC(C)C. The second kappa shape index (κ2) is 7.06. The molecule has 0 fully saturated rings. The van der Waals surface area contributed by atoms with Crippen LogP contribution in [0.15, 0.2) is 12.4 Å². The van der Waals surface area contributed by atoms with E-state index in [1.54, 1.807) is 13.2 Å². The standard InChI is InChI=1S/C12H22N4O/c1-10(2)15-9-11-14-6-8-16(11)7-4-5-12(17)13-3/h6,8,10,15H,4-5,7,9H2,1-3H3,(H,13,17). The molecule has 5 heteroatoms. The Morgan fingerprint density at radius 1 is 1.53 bits per heavy atom. The van der Waals surface area contributed by atoms with Crippen LogP contribution in [-0.4, -0.2) is 28.5 Å². The molecule has 0 unspecified atom stereocenters. The summed E-state index contributed by atoms with van der Waals surface area (Å²) >= 11 is 0. The highest BCUT2D eigenvalue weighted by Crippen LogP contribution is 2.01. The van der Waals surface area contributed by atoms with Crippen LogP contribution < -0.4 is 10.6 Å². The van der Waals surface area contributed by atoms with Crippen molar-refractivity contribution in [2.75, 3.05) is 7.05 Å². The molecular formula is C12H22N4O. The van der Waals surface area contributed by atoms with E-state index in [1.165, 1.54) is 0 Å². The van der Waals surface area contributed by atoms with Gasteiger partial charge in [0.1, 0.15) is 5.82 Å². The highest BCUT2D eigenvalue weighted by atomic mass is 16.1. The molecule has 0 aliphatic carbocycles. The molecule has 0 aliphatic heterocycles. The Labute approximate surface area is 103 Å². The van der Waals surface area contributed by atoms with E-state index in [4.69, 9.17) is 0 Å². The molecule has 1 heterocycles. The van der Waals surface area contributed by atoms with Gasteiger partial charge in [0.2, 0.25) is 5.91 Å². The molecule has 0 atom stereocenters. The van der Waals surface area contributed by atoms with E-state index in [1.807, 2.05) is 6.20 Å². The first-order chi connectivity index (χ1) is 8.13. The summed E-state index contributed by atoms with van der Waals surface area (Å²) in [6.45, 7) is 5.82. The summed E-state index contributed by atoms with van der Waals surface area (Å²) < 4.78 is 2.10. The fourth-order valence-corrected chi connectivity index (χ4v) is 1.54. The molecule has 17 heavy (non-hydrogen) atoms. The maximum Gasteiger partial charge on any atom is 0.219 e. The summed E-state index contributed by atoms with van der Waals surface area (Å²) in [6, 6.07) is 0.450. The van der Waals surface area contributed by atoms with Crippen LogP contribution in [0.2, 0.25) is 0 Å². The van der Waals surface area contributed by atoms with Crippen LogP contribution in [0.5, 0.6) is 0 Å². The van der Waals surface area contributed by atoms with Crippen LogP contribution in [0.3, 0.4) is 0 Å². The molecule has 96 valence electrons. The molecule has 0 saturated carbocycles. The highest BCUT2D eigenvalue weighted by Gasteiger charge is 2.04. The largest absolute Gasteiger partial charge is 0.359 e. The number of hydrogen-bond acceptors (Lipinski definition) is 3. The van der Waals surface area contributed by atoms with Crippen LogP contribution in [0, 0.1) is 0 Å². The molecule has 1 aromatic rings. The molecule has 0 saturated heterocycles. The van der Waals surface area contributed by atoms with Gasteiger partial charge >= 0.3 is 0 Å². The normalized spacial score (nSPS) is 10.8. The lowest BCUT2D eigenvalue weighted by Crippen LogP contribution is -2.24. The Kier molecular flexibility index (Phi) is 5.69. The minimum Gasteiger partial charge on any atom is -0.359 e. The van der Waals surface area contributed by atoms with Gasteiger partial charge in [-0.05, 0) is 6.42 Å². The number of imidazole rings is 1. The number of carbonyl (C=O) groups excluding carboxylic acids is 1. The van der Waals surface area contributed by atoms with Crippen LogP contribution in [0.1, 0.15) is 32.5 Å². The van der Waals surface area contributed by atoms with Gasteiger partial charge in [-0.15, -0.1) is 0 Å². The zero-order valence-electron chi connectivity index (χ0n) is 10.9. The van der Waals surface area contributed by atoms with E-state index in [-0.39, 0.29) is 5.91 Å². The summed E-state index contributed by atoms with van der Waals surface area (Å²) in [6.07, 6.45) is 5.16. The predicted molar refractivity (Wildman–Crippen MR) is 67.5 cm³/mol. The molecule has 0 bridgehead atoms. The summed E-state index contributed by atoms with van der Waals surface area (Å²) in [5, 5.41) is 5.96.